The van der Waals surface area contributed by atoms with Gasteiger partial charge in [-0.25, -0.2) is 9.78 Å². The van der Waals surface area contributed by atoms with Crippen molar-refractivity contribution in [2.24, 2.45) is 11.8 Å². The van der Waals surface area contributed by atoms with Gasteiger partial charge in [0.05, 0.1) is 6.61 Å². The number of pyridine rings is 1. The first kappa shape index (κ1) is 27.9. The molecule has 3 aliphatic rings. The summed E-state index contributed by atoms with van der Waals surface area (Å²) in [5, 5.41) is 17.8. The zero-order valence-electron chi connectivity index (χ0n) is 24.0. The molecule has 1 spiro atoms. The molecule has 1 fully saturated rings. The van der Waals surface area contributed by atoms with Crippen LogP contribution in [-0.2, 0) is 16.6 Å². The number of carbonyl (C=O) groups is 1. The molecule has 3 atom stereocenters. The van der Waals surface area contributed by atoms with Crippen molar-refractivity contribution in [3.63, 3.8) is 0 Å². The van der Waals surface area contributed by atoms with Gasteiger partial charge in [0.15, 0.2) is 0 Å². The molecule has 3 N–H and O–H groups in total. The van der Waals surface area contributed by atoms with Crippen LogP contribution < -0.4 is 15.4 Å². The van der Waals surface area contributed by atoms with Crippen molar-refractivity contribution in [1.29, 1.82) is 0 Å². The average Bonchev–Trinajstić information content (AvgIpc) is 3.25. The first-order chi connectivity index (χ1) is 19.8. The number of hydrogen-bond acceptors (Lipinski definition) is 5. The third kappa shape index (κ3) is 5.27. The van der Waals surface area contributed by atoms with Gasteiger partial charge in [0, 0.05) is 29.0 Å². The second kappa shape index (κ2) is 11.2. The van der Waals surface area contributed by atoms with Crippen molar-refractivity contribution in [2.45, 2.75) is 75.7 Å². The van der Waals surface area contributed by atoms with E-state index in [1.54, 1.807) is 0 Å². The van der Waals surface area contributed by atoms with Gasteiger partial charge in [0.2, 0.25) is 0 Å². The fraction of sp³-hybridized carbons (Fsp3) is 0.471. The Balaban J connectivity index is 1.19. The van der Waals surface area contributed by atoms with Gasteiger partial charge in [0.25, 0.3) is 0 Å². The van der Waals surface area contributed by atoms with Gasteiger partial charge in [0.1, 0.15) is 17.1 Å². The van der Waals surface area contributed by atoms with Gasteiger partial charge in [-0.2, -0.15) is 0 Å². The number of carboxylic acid groups (broad SMARTS) is 1. The number of nitrogens with one attached hydrogen (secondary N) is 2. The van der Waals surface area contributed by atoms with Crippen LogP contribution in [0.3, 0.4) is 0 Å². The Morgan fingerprint density at radius 1 is 1.17 bits per heavy atom. The van der Waals surface area contributed by atoms with E-state index < -0.39 is 11.5 Å². The third-order valence-electron chi connectivity index (χ3n) is 9.94. The maximum absolute atomic E-state index is 12.7. The van der Waals surface area contributed by atoms with Crippen molar-refractivity contribution in [3.05, 3.63) is 82.5 Å². The maximum atomic E-state index is 12.7. The Morgan fingerprint density at radius 3 is 2.76 bits per heavy atom. The lowest BCUT2D eigenvalue weighted by molar-refractivity contribution is -0.144. The largest absolute Gasteiger partial charge is 0.493 e. The Kier molecular flexibility index (Phi) is 7.62. The molecular formula is C34H40ClN3O3. The highest BCUT2D eigenvalue weighted by molar-refractivity contribution is 6.30. The van der Waals surface area contributed by atoms with Crippen LogP contribution in [0.15, 0.2) is 60.8 Å². The summed E-state index contributed by atoms with van der Waals surface area (Å²) in [5.74, 6) is 2.34. The highest BCUT2D eigenvalue weighted by Crippen LogP contribution is 2.56. The second-order valence-corrected chi connectivity index (χ2v) is 13.0. The number of carboxylic acids is 1. The molecule has 7 heteroatoms. The van der Waals surface area contributed by atoms with Gasteiger partial charge < -0.3 is 20.5 Å². The summed E-state index contributed by atoms with van der Waals surface area (Å²) in [6, 6.07) is 18.2. The zero-order valence-corrected chi connectivity index (χ0v) is 24.7. The summed E-state index contributed by atoms with van der Waals surface area (Å²) in [4.78, 5) is 17.2. The van der Waals surface area contributed by atoms with Crippen LogP contribution in [-0.4, -0.2) is 34.8 Å². The first-order valence-electron chi connectivity index (χ1n) is 15.0. The molecule has 0 unspecified atom stereocenters. The number of halogens is 1. The van der Waals surface area contributed by atoms with Gasteiger partial charge in [-0.05, 0) is 104 Å². The smallest absolute Gasteiger partial charge is 0.329 e. The molecule has 1 saturated carbocycles. The fourth-order valence-corrected chi connectivity index (χ4v) is 7.94. The minimum atomic E-state index is -1.00. The van der Waals surface area contributed by atoms with Crippen LogP contribution in [0.1, 0.15) is 75.0 Å². The first-order valence-corrected chi connectivity index (χ1v) is 15.4. The molecule has 1 aliphatic heterocycles. The topological polar surface area (TPSA) is 83.5 Å². The Morgan fingerprint density at radius 2 is 1.98 bits per heavy atom. The maximum Gasteiger partial charge on any atom is 0.329 e. The summed E-state index contributed by atoms with van der Waals surface area (Å²) in [6.45, 7) is 6.14. The van der Waals surface area contributed by atoms with E-state index in [4.69, 9.17) is 16.3 Å². The van der Waals surface area contributed by atoms with Crippen LogP contribution in [0.5, 0.6) is 5.75 Å². The number of hydrogen-bond donors (Lipinski definition) is 3. The Labute approximate surface area is 247 Å². The number of benzene rings is 2. The average molecular weight is 574 g/mol. The molecule has 2 aromatic carbocycles. The molecule has 0 bridgehead atoms. The lowest BCUT2D eigenvalue weighted by Gasteiger charge is -2.47. The summed E-state index contributed by atoms with van der Waals surface area (Å²) in [5.41, 5.74) is 3.77. The molecule has 2 heterocycles. The monoisotopic (exact) mass is 573 g/mol. The van der Waals surface area contributed by atoms with E-state index in [2.05, 4.69) is 53.7 Å². The van der Waals surface area contributed by atoms with E-state index in [9.17, 15) is 9.90 Å². The third-order valence-corrected chi connectivity index (χ3v) is 10.2. The molecule has 0 radical (unpaired) electrons. The molecule has 0 amide bonds. The van der Waals surface area contributed by atoms with Crippen molar-refractivity contribution < 1.29 is 14.6 Å². The highest BCUT2D eigenvalue weighted by atomic mass is 35.5. The molecular weight excluding hydrogens is 534 g/mol. The predicted molar refractivity (Wildman–Crippen MR) is 164 cm³/mol. The van der Waals surface area contributed by atoms with Gasteiger partial charge in [-0.15, -0.1) is 0 Å². The summed E-state index contributed by atoms with van der Waals surface area (Å²) in [6.07, 6.45) is 7.80. The lowest BCUT2D eigenvalue weighted by atomic mass is 9.59. The molecule has 41 heavy (non-hydrogen) atoms. The number of aliphatic carboxylic acids is 1. The van der Waals surface area contributed by atoms with Crippen LogP contribution in [0, 0.1) is 11.8 Å². The lowest BCUT2D eigenvalue weighted by Crippen LogP contribution is -2.53. The minimum Gasteiger partial charge on any atom is -0.493 e. The number of aromatic nitrogens is 1. The van der Waals surface area contributed by atoms with Crippen molar-refractivity contribution >= 4 is 29.1 Å². The molecule has 6 nitrogen and oxygen atoms in total. The standard InChI is InChI=1S/C34H40ClN3O3/c1-22(21-41-29-11-17-37-31-30(29)23(2)10-16-36-31)18-25-19-24-6-3-4-9-28(24)33(25)12-14-34(15-13-33,32(39)40)38-27-8-5-7-26(35)20-27/h3-9,11,17,20,22-23,25,38H,10,12-16,18-19,21H2,1-2H3,(H,36,37)(H,39,40)/t22-,23+,25+,33?,34?/m1/s1. The SMILES string of the molecule is C[C@@H](COc1ccnc2c1[C@@H](C)CCN2)C[C@H]1Cc2ccccc2C12CCC(Nc1cccc(Cl)c1)(C(=O)O)CC2. The molecule has 6 rings (SSSR count). The predicted octanol–water partition coefficient (Wildman–Crippen LogP) is 7.68. The normalized spacial score (nSPS) is 27.4. The molecule has 3 aromatic rings. The Bertz CT molecular complexity index is 1420. The summed E-state index contributed by atoms with van der Waals surface area (Å²) >= 11 is 6.21. The molecule has 1 aromatic heterocycles. The van der Waals surface area contributed by atoms with E-state index in [1.165, 1.54) is 16.7 Å². The van der Waals surface area contributed by atoms with Gasteiger partial charge >= 0.3 is 5.97 Å². The summed E-state index contributed by atoms with van der Waals surface area (Å²) < 4.78 is 6.46. The second-order valence-electron chi connectivity index (χ2n) is 12.6. The van der Waals surface area contributed by atoms with Crippen LogP contribution in [0.2, 0.25) is 5.02 Å². The number of rotatable bonds is 8. The zero-order chi connectivity index (χ0) is 28.6. The number of nitrogens with zero attached hydrogens (tertiary/aromatic N) is 1. The van der Waals surface area contributed by atoms with E-state index in [1.807, 2.05) is 36.5 Å². The number of fused-ring (bicyclic) bond motifs is 3. The number of anilines is 2. The minimum absolute atomic E-state index is 0.0198. The molecule has 216 valence electrons. The highest BCUT2D eigenvalue weighted by Gasteiger charge is 2.54. The summed E-state index contributed by atoms with van der Waals surface area (Å²) in [7, 11) is 0. The van der Waals surface area contributed by atoms with E-state index in [-0.39, 0.29) is 5.41 Å². The van der Waals surface area contributed by atoms with Gasteiger partial charge in [-0.1, -0.05) is 55.8 Å². The van der Waals surface area contributed by atoms with Crippen LogP contribution in [0.4, 0.5) is 11.5 Å². The van der Waals surface area contributed by atoms with E-state index in [0.717, 1.165) is 55.9 Å². The van der Waals surface area contributed by atoms with Crippen LogP contribution in [0.25, 0.3) is 0 Å². The quantitative estimate of drug-likeness (QED) is 0.256. The van der Waals surface area contributed by atoms with E-state index >= 15 is 0 Å². The van der Waals surface area contributed by atoms with Crippen molar-refractivity contribution in [1.82, 2.24) is 4.98 Å². The van der Waals surface area contributed by atoms with E-state index in [0.29, 0.717) is 42.2 Å². The fourth-order valence-electron chi connectivity index (χ4n) is 7.74. The van der Waals surface area contributed by atoms with Gasteiger partial charge in [-0.3, -0.25) is 0 Å². The molecule has 0 saturated heterocycles. The Hall–Kier alpha value is -3.25. The van der Waals surface area contributed by atoms with Crippen molar-refractivity contribution in [2.75, 3.05) is 23.8 Å². The number of ether oxygens (including phenoxy) is 1. The van der Waals surface area contributed by atoms with Crippen molar-refractivity contribution in [3.8, 4) is 5.75 Å². The molecule has 2 aliphatic carbocycles. The van der Waals surface area contributed by atoms with Crippen LogP contribution >= 0.6 is 11.6 Å².